The maximum atomic E-state index is 8.79. The van der Waals surface area contributed by atoms with Crippen LogP contribution >= 0.6 is 0 Å². The summed E-state index contributed by atoms with van der Waals surface area (Å²) in [5.74, 6) is 0. The first-order valence-electron chi connectivity index (χ1n) is 11.3. The van der Waals surface area contributed by atoms with Gasteiger partial charge in [-0.15, -0.1) is 0 Å². The number of hydrogen-bond donors (Lipinski definition) is 1. The van der Waals surface area contributed by atoms with Crippen LogP contribution < -0.4 is 5.32 Å². The predicted molar refractivity (Wildman–Crippen MR) is 119 cm³/mol. The van der Waals surface area contributed by atoms with Crippen molar-refractivity contribution in [2.75, 3.05) is 11.9 Å². The SMILES string of the molecule is CCCCCCCCC=CCCCCCCCCNc1ccc(C#N)cc1. The third-order valence-corrected chi connectivity index (χ3v) is 5.03. The van der Waals surface area contributed by atoms with Crippen molar-refractivity contribution in [3.8, 4) is 6.07 Å². The van der Waals surface area contributed by atoms with Crippen LogP contribution in [0.15, 0.2) is 36.4 Å². The average Bonchev–Trinajstić information content (AvgIpc) is 2.70. The molecule has 0 saturated carbocycles. The lowest BCUT2D eigenvalue weighted by molar-refractivity contribution is 0.602. The number of benzene rings is 1. The number of nitrogens with zero attached hydrogens (tertiary/aromatic N) is 1. The Kier molecular flexibility index (Phi) is 15.2. The van der Waals surface area contributed by atoms with Gasteiger partial charge in [-0.2, -0.15) is 5.26 Å². The Balaban J connectivity index is 1.81. The zero-order valence-corrected chi connectivity index (χ0v) is 17.5. The number of allylic oxidation sites excluding steroid dienone is 2. The second-order valence-corrected chi connectivity index (χ2v) is 7.55. The summed E-state index contributed by atoms with van der Waals surface area (Å²) in [6, 6.07) is 9.85. The van der Waals surface area contributed by atoms with Crippen LogP contribution in [-0.4, -0.2) is 6.54 Å². The van der Waals surface area contributed by atoms with E-state index in [-0.39, 0.29) is 0 Å². The highest BCUT2D eigenvalue weighted by atomic mass is 14.9. The Morgan fingerprint density at radius 1 is 0.741 bits per heavy atom. The van der Waals surface area contributed by atoms with Crippen molar-refractivity contribution in [2.45, 2.75) is 96.8 Å². The predicted octanol–water partition coefficient (Wildman–Crippen LogP) is 8.01. The van der Waals surface area contributed by atoms with Crippen molar-refractivity contribution in [3.05, 3.63) is 42.0 Å². The lowest BCUT2D eigenvalue weighted by Crippen LogP contribution is -2.01. The lowest BCUT2D eigenvalue weighted by atomic mass is 10.1. The standard InChI is InChI=1S/C25H40N2/c1-2-3-4-5-6-7-8-9-10-11-12-13-14-15-16-17-22-27-25-20-18-24(23-26)19-21-25/h9-10,18-21,27H,2-8,11-17,22H2,1H3. The topological polar surface area (TPSA) is 35.8 Å². The molecule has 0 aliphatic heterocycles. The van der Waals surface area contributed by atoms with Gasteiger partial charge in [-0.05, 0) is 56.4 Å². The van der Waals surface area contributed by atoms with E-state index in [1.165, 1.54) is 89.9 Å². The molecule has 1 aromatic rings. The van der Waals surface area contributed by atoms with E-state index in [1.807, 2.05) is 24.3 Å². The van der Waals surface area contributed by atoms with Gasteiger partial charge in [0.15, 0.2) is 0 Å². The number of hydrogen-bond acceptors (Lipinski definition) is 2. The first kappa shape index (κ1) is 23.3. The number of nitrogens with one attached hydrogen (secondary N) is 1. The fourth-order valence-electron chi connectivity index (χ4n) is 3.27. The average molecular weight is 369 g/mol. The zero-order chi connectivity index (χ0) is 19.4. The van der Waals surface area contributed by atoms with E-state index in [1.54, 1.807) is 0 Å². The summed E-state index contributed by atoms with van der Waals surface area (Å²) < 4.78 is 0. The molecule has 0 saturated heterocycles. The number of rotatable bonds is 17. The zero-order valence-electron chi connectivity index (χ0n) is 17.5. The minimum atomic E-state index is 0.720. The Bertz CT molecular complexity index is 510. The van der Waals surface area contributed by atoms with Gasteiger partial charge in [0.2, 0.25) is 0 Å². The van der Waals surface area contributed by atoms with Crippen LogP contribution in [0, 0.1) is 11.3 Å². The summed E-state index contributed by atoms with van der Waals surface area (Å²) in [4.78, 5) is 0. The molecule has 2 heteroatoms. The molecule has 0 heterocycles. The quantitative estimate of drug-likeness (QED) is 0.223. The summed E-state index contributed by atoms with van der Waals surface area (Å²) in [5.41, 5.74) is 1.83. The van der Waals surface area contributed by atoms with E-state index in [0.29, 0.717) is 0 Å². The van der Waals surface area contributed by atoms with Crippen LogP contribution in [-0.2, 0) is 0 Å². The van der Waals surface area contributed by atoms with E-state index < -0.39 is 0 Å². The van der Waals surface area contributed by atoms with E-state index >= 15 is 0 Å². The molecule has 0 aliphatic rings. The number of unbranched alkanes of at least 4 members (excludes halogenated alkanes) is 12. The molecule has 0 aliphatic carbocycles. The van der Waals surface area contributed by atoms with Gasteiger partial charge >= 0.3 is 0 Å². The molecule has 0 fully saturated rings. The molecule has 1 aromatic carbocycles. The van der Waals surface area contributed by atoms with Gasteiger partial charge in [-0.1, -0.05) is 76.9 Å². The maximum absolute atomic E-state index is 8.79. The van der Waals surface area contributed by atoms with Gasteiger partial charge in [0.25, 0.3) is 0 Å². The summed E-state index contributed by atoms with van der Waals surface area (Å²) in [7, 11) is 0. The van der Waals surface area contributed by atoms with Crippen LogP contribution in [0.3, 0.4) is 0 Å². The molecule has 0 unspecified atom stereocenters. The third kappa shape index (κ3) is 14.0. The smallest absolute Gasteiger partial charge is 0.0991 e. The van der Waals surface area contributed by atoms with Gasteiger partial charge in [0, 0.05) is 12.2 Å². The molecular formula is C25H40N2. The van der Waals surface area contributed by atoms with Gasteiger partial charge in [0.05, 0.1) is 11.6 Å². The Morgan fingerprint density at radius 2 is 1.26 bits per heavy atom. The molecule has 0 bridgehead atoms. The van der Waals surface area contributed by atoms with Crippen LogP contribution in [0.2, 0.25) is 0 Å². The molecule has 0 aromatic heterocycles. The summed E-state index contributed by atoms with van der Waals surface area (Å²) >= 11 is 0. The molecule has 1 N–H and O–H groups in total. The van der Waals surface area contributed by atoms with Crippen LogP contribution in [0.4, 0.5) is 5.69 Å². The molecular weight excluding hydrogens is 328 g/mol. The molecule has 150 valence electrons. The summed E-state index contributed by atoms with van der Waals surface area (Å²) in [6.07, 6.45) is 23.6. The van der Waals surface area contributed by atoms with Crippen molar-refractivity contribution in [3.63, 3.8) is 0 Å². The highest BCUT2D eigenvalue weighted by Gasteiger charge is 1.94. The van der Waals surface area contributed by atoms with Gasteiger partial charge < -0.3 is 5.32 Å². The fraction of sp³-hybridized carbons (Fsp3) is 0.640. The normalized spacial score (nSPS) is 11.0. The Hall–Kier alpha value is -1.75. The van der Waals surface area contributed by atoms with Crippen molar-refractivity contribution in [1.82, 2.24) is 0 Å². The van der Waals surface area contributed by atoms with Gasteiger partial charge in [0.1, 0.15) is 0 Å². The highest BCUT2D eigenvalue weighted by Crippen LogP contribution is 2.11. The molecule has 1 rings (SSSR count). The first-order valence-corrected chi connectivity index (χ1v) is 11.3. The summed E-state index contributed by atoms with van der Waals surface area (Å²) in [5, 5.41) is 12.2. The number of anilines is 1. The Labute approximate surface area is 168 Å². The minimum absolute atomic E-state index is 0.720. The monoisotopic (exact) mass is 368 g/mol. The van der Waals surface area contributed by atoms with Crippen molar-refractivity contribution >= 4 is 5.69 Å². The van der Waals surface area contributed by atoms with Gasteiger partial charge in [-0.25, -0.2) is 0 Å². The van der Waals surface area contributed by atoms with E-state index in [0.717, 1.165) is 17.8 Å². The molecule has 0 spiro atoms. The summed E-state index contributed by atoms with van der Waals surface area (Å²) in [6.45, 7) is 3.30. The van der Waals surface area contributed by atoms with Crippen molar-refractivity contribution in [1.29, 1.82) is 5.26 Å². The van der Waals surface area contributed by atoms with Crippen LogP contribution in [0.5, 0.6) is 0 Å². The van der Waals surface area contributed by atoms with Crippen molar-refractivity contribution < 1.29 is 0 Å². The lowest BCUT2D eigenvalue weighted by Gasteiger charge is -2.06. The van der Waals surface area contributed by atoms with Crippen molar-refractivity contribution in [2.24, 2.45) is 0 Å². The van der Waals surface area contributed by atoms with Crippen LogP contribution in [0.1, 0.15) is 102 Å². The maximum Gasteiger partial charge on any atom is 0.0991 e. The van der Waals surface area contributed by atoms with E-state index in [2.05, 4.69) is 30.5 Å². The van der Waals surface area contributed by atoms with Gasteiger partial charge in [-0.3, -0.25) is 0 Å². The molecule has 2 nitrogen and oxygen atoms in total. The van der Waals surface area contributed by atoms with E-state index in [9.17, 15) is 0 Å². The number of nitriles is 1. The molecule has 27 heavy (non-hydrogen) atoms. The molecule has 0 radical (unpaired) electrons. The highest BCUT2D eigenvalue weighted by molar-refractivity contribution is 5.46. The largest absolute Gasteiger partial charge is 0.385 e. The minimum Gasteiger partial charge on any atom is -0.385 e. The second-order valence-electron chi connectivity index (χ2n) is 7.55. The fourth-order valence-corrected chi connectivity index (χ4v) is 3.27. The molecule has 0 amide bonds. The Morgan fingerprint density at radius 3 is 1.81 bits per heavy atom. The second kappa shape index (κ2) is 17.7. The van der Waals surface area contributed by atoms with E-state index in [4.69, 9.17) is 5.26 Å². The molecule has 0 atom stereocenters. The third-order valence-electron chi connectivity index (χ3n) is 5.03. The first-order chi connectivity index (χ1) is 13.4. The van der Waals surface area contributed by atoms with Crippen LogP contribution in [0.25, 0.3) is 0 Å².